The molecule has 0 aromatic heterocycles. The molecule has 0 atom stereocenters. The van der Waals surface area contributed by atoms with Crippen molar-refractivity contribution in [2.75, 3.05) is 7.11 Å². The van der Waals surface area contributed by atoms with Crippen molar-refractivity contribution >= 4 is 52.1 Å². The maximum atomic E-state index is 12.3. The molecule has 0 amide bonds. The van der Waals surface area contributed by atoms with Crippen LogP contribution in [0.2, 0.25) is 5.02 Å². The predicted octanol–water partition coefficient (Wildman–Crippen LogP) is 5.88. The molecule has 5 nitrogen and oxygen atoms in total. The summed E-state index contributed by atoms with van der Waals surface area (Å²) >= 11 is 8.44. The van der Waals surface area contributed by atoms with Gasteiger partial charge in [-0.3, -0.25) is 0 Å². The van der Waals surface area contributed by atoms with E-state index in [1.165, 1.54) is 0 Å². The van der Waals surface area contributed by atoms with E-state index in [1.54, 1.807) is 49.6 Å². The molecule has 3 aromatic carbocycles. The highest BCUT2D eigenvalue weighted by molar-refractivity contribution is 14.1. The van der Waals surface area contributed by atoms with Crippen molar-refractivity contribution in [3.63, 3.8) is 0 Å². The molecule has 0 radical (unpaired) electrons. The first-order chi connectivity index (χ1) is 15.0. The highest BCUT2D eigenvalue weighted by Gasteiger charge is 2.25. The number of rotatable bonds is 6. The van der Waals surface area contributed by atoms with Crippen LogP contribution in [0, 0.1) is 3.57 Å². The number of ether oxygens (including phenoxy) is 3. The van der Waals surface area contributed by atoms with Gasteiger partial charge < -0.3 is 14.2 Å². The number of cyclic esters (lactones) is 1. The molecule has 4 rings (SSSR count). The van der Waals surface area contributed by atoms with E-state index in [2.05, 4.69) is 33.6 Å². The number of esters is 1. The Balaban J connectivity index is 1.55. The molecule has 0 spiro atoms. The van der Waals surface area contributed by atoms with Crippen LogP contribution in [0.4, 0.5) is 0 Å². The lowest BCUT2D eigenvalue weighted by molar-refractivity contribution is -0.129. The molecule has 0 saturated carbocycles. The van der Waals surface area contributed by atoms with E-state index in [0.29, 0.717) is 28.7 Å². The van der Waals surface area contributed by atoms with Crippen LogP contribution in [0.1, 0.15) is 16.7 Å². The number of hydrogen-bond acceptors (Lipinski definition) is 5. The molecule has 156 valence electrons. The van der Waals surface area contributed by atoms with Crippen molar-refractivity contribution < 1.29 is 19.0 Å². The minimum absolute atomic E-state index is 0.185. The quantitative estimate of drug-likeness (QED) is 0.221. The SMILES string of the molecule is COc1cc(/C=C2\N=C(c3ccccc3Cl)OC2=O)ccc1OCc1cccc(I)c1. The van der Waals surface area contributed by atoms with Gasteiger partial charge in [-0.2, -0.15) is 0 Å². The molecule has 7 heteroatoms. The number of hydrogen-bond donors (Lipinski definition) is 0. The summed E-state index contributed by atoms with van der Waals surface area (Å²) < 4.78 is 17.8. The van der Waals surface area contributed by atoms with Crippen LogP contribution < -0.4 is 9.47 Å². The summed E-state index contributed by atoms with van der Waals surface area (Å²) in [6.45, 7) is 0.422. The number of benzene rings is 3. The number of halogens is 2. The molecule has 1 heterocycles. The van der Waals surface area contributed by atoms with Gasteiger partial charge in [0.25, 0.3) is 0 Å². The van der Waals surface area contributed by atoms with Crippen LogP contribution in [0.25, 0.3) is 6.08 Å². The molecule has 31 heavy (non-hydrogen) atoms. The Kier molecular flexibility index (Phi) is 6.58. The lowest BCUT2D eigenvalue weighted by Crippen LogP contribution is -2.05. The van der Waals surface area contributed by atoms with E-state index < -0.39 is 5.97 Å². The van der Waals surface area contributed by atoms with E-state index in [-0.39, 0.29) is 11.6 Å². The molecule has 0 aliphatic carbocycles. The van der Waals surface area contributed by atoms with Gasteiger partial charge in [-0.15, -0.1) is 0 Å². The zero-order valence-electron chi connectivity index (χ0n) is 16.5. The summed E-state index contributed by atoms with van der Waals surface area (Å²) in [6, 6.07) is 20.6. The number of carbonyl (C=O) groups is 1. The second-order valence-electron chi connectivity index (χ2n) is 6.64. The fraction of sp³-hybridized carbons (Fsp3) is 0.0833. The highest BCUT2D eigenvalue weighted by Crippen LogP contribution is 2.31. The van der Waals surface area contributed by atoms with Crippen molar-refractivity contribution in [2.45, 2.75) is 6.61 Å². The summed E-state index contributed by atoms with van der Waals surface area (Å²) in [7, 11) is 1.57. The number of nitrogens with zero attached hydrogens (tertiary/aromatic N) is 1. The monoisotopic (exact) mass is 545 g/mol. The normalized spacial score (nSPS) is 14.4. The van der Waals surface area contributed by atoms with E-state index in [4.69, 9.17) is 25.8 Å². The molecular formula is C24H17ClINO4. The smallest absolute Gasteiger partial charge is 0.363 e. The largest absolute Gasteiger partial charge is 0.493 e. The third kappa shape index (κ3) is 5.08. The van der Waals surface area contributed by atoms with E-state index >= 15 is 0 Å². The Morgan fingerprint density at radius 3 is 2.68 bits per heavy atom. The van der Waals surface area contributed by atoms with Gasteiger partial charge in [0, 0.05) is 3.57 Å². The Morgan fingerprint density at radius 2 is 1.90 bits per heavy atom. The molecule has 0 unspecified atom stereocenters. The summed E-state index contributed by atoms with van der Waals surface area (Å²) in [5.74, 6) is 0.818. The number of carbonyl (C=O) groups excluding carboxylic acids is 1. The van der Waals surface area contributed by atoms with Crippen LogP contribution in [-0.2, 0) is 16.1 Å². The molecule has 0 fully saturated rings. The van der Waals surface area contributed by atoms with Gasteiger partial charge in [0.05, 0.1) is 17.7 Å². The van der Waals surface area contributed by atoms with Gasteiger partial charge in [0.15, 0.2) is 17.2 Å². The average Bonchev–Trinajstić information content (AvgIpc) is 3.13. The Morgan fingerprint density at radius 1 is 1.06 bits per heavy atom. The molecule has 0 bridgehead atoms. The van der Waals surface area contributed by atoms with Crippen molar-refractivity contribution in [1.82, 2.24) is 0 Å². The predicted molar refractivity (Wildman–Crippen MR) is 129 cm³/mol. The fourth-order valence-corrected chi connectivity index (χ4v) is 3.82. The van der Waals surface area contributed by atoms with Crippen LogP contribution in [-0.4, -0.2) is 19.0 Å². The van der Waals surface area contributed by atoms with Gasteiger partial charge >= 0.3 is 5.97 Å². The second kappa shape index (κ2) is 9.53. The maximum Gasteiger partial charge on any atom is 0.363 e. The first-order valence-electron chi connectivity index (χ1n) is 9.36. The van der Waals surface area contributed by atoms with Crippen LogP contribution in [0.3, 0.4) is 0 Å². The van der Waals surface area contributed by atoms with Gasteiger partial charge in [0.2, 0.25) is 5.90 Å². The highest BCUT2D eigenvalue weighted by atomic mass is 127. The number of aliphatic imine (C=N–C) groups is 1. The summed E-state index contributed by atoms with van der Waals surface area (Å²) in [5, 5.41) is 0.464. The molecule has 0 N–H and O–H groups in total. The molecular weight excluding hydrogens is 529 g/mol. The van der Waals surface area contributed by atoms with E-state index in [1.807, 2.05) is 24.3 Å². The van der Waals surface area contributed by atoms with Crippen molar-refractivity contribution in [3.05, 3.63) is 97.7 Å². The molecule has 3 aromatic rings. The third-order valence-corrected chi connectivity index (χ3v) is 5.50. The molecule has 1 aliphatic rings. The zero-order chi connectivity index (χ0) is 21.8. The maximum absolute atomic E-state index is 12.3. The minimum Gasteiger partial charge on any atom is -0.493 e. The first-order valence-corrected chi connectivity index (χ1v) is 10.8. The molecule has 0 saturated heterocycles. The van der Waals surface area contributed by atoms with Crippen molar-refractivity contribution in [2.24, 2.45) is 4.99 Å². The van der Waals surface area contributed by atoms with Crippen LogP contribution >= 0.6 is 34.2 Å². The van der Waals surface area contributed by atoms with Crippen molar-refractivity contribution in [3.8, 4) is 11.5 Å². The second-order valence-corrected chi connectivity index (χ2v) is 8.30. The van der Waals surface area contributed by atoms with Gasteiger partial charge in [-0.25, -0.2) is 9.79 Å². The Labute approximate surface area is 198 Å². The van der Waals surface area contributed by atoms with Gasteiger partial charge in [-0.1, -0.05) is 41.9 Å². The topological polar surface area (TPSA) is 57.1 Å². The van der Waals surface area contributed by atoms with Gasteiger partial charge in [0.1, 0.15) is 6.61 Å². The third-order valence-electron chi connectivity index (χ3n) is 4.50. The Bertz CT molecular complexity index is 1210. The first kappa shape index (κ1) is 21.4. The number of methoxy groups -OCH3 is 1. The van der Waals surface area contributed by atoms with Crippen LogP contribution in [0.5, 0.6) is 11.5 Å². The van der Waals surface area contributed by atoms with Crippen LogP contribution in [0.15, 0.2) is 77.4 Å². The molecule has 1 aliphatic heterocycles. The fourth-order valence-electron chi connectivity index (χ4n) is 3.00. The zero-order valence-corrected chi connectivity index (χ0v) is 19.4. The van der Waals surface area contributed by atoms with Crippen molar-refractivity contribution in [1.29, 1.82) is 0 Å². The summed E-state index contributed by atoms with van der Waals surface area (Å²) in [4.78, 5) is 16.6. The Hall–Kier alpha value is -2.84. The van der Waals surface area contributed by atoms with E-state index in [9.17, 15) is 4.79 Å². The standard InChI is InChI=1S/C24H17ClINO4/c1-29-22-13-15(9-10-21(22)30-14-16-5-4-6-17(26)11-16)12-20-24(28)31-23(27-20)18-7-2-3-8-19(18)25/h2-13H,14H2,1H3/b20-12-. The lowest BCUT2D eigenvalue weighted by Gasteiger charge is -2.11. The summed E-state index contributed by atoms with van der Waals surface area (Å²) in [6.07, 6.45) is 1.64. The summed E-state index contributed by atoms with van der Waals surface area (Å²) in [5.41, 5.74) is 2.55. The van der Waals surface area contributed by atoms with Gasteiger partial charge in [-0.05, 0) is 76.2 Å². The van der Waals surface area contributed by atoms with E-state index in [0.717, 1.165) is 14.7 Å². The average molecular weight is 546 g/mol. The minimum atomic E-state index is -0.534. The lowest BCUT2D eigenvalue weighted by atomic mass is 10.1.